The van der Waals surface area contributed by atoms with Crippen LogP contribution in [0.15, 0.2) is 0 Å². The average molecular weight is 283 g/mol. The van der Waals surface area contributed by atoms with Crippen LogP contribution in [0.5, 0.6) is 0 Å². The number of amides is 3. The highest BCUT2D eigenvalue weighted by Gasteiger charge is 2.45. The van der Waals surface area contributed by atoms with Crippen LogP contribution in [-0.2, 0) is 4.79 Å². The third-order valence-electron chi connectivity index (χ3n) is 4.74. The van der Waals surface area contributed by atoms with Crippen molar-refractivity contribution in [1.29, 1.82) is 0 Å². The molecule has 114 valence electrons. The lowest BCUT2D eigenvalue weighted by Crippen LogP contribution is -2.58. The van der Waals surface area contributed by atoms with E-state index in [1.807, 2.05) is 18.7 Å². The van der Waals surface area contributed by atoms with E-state index in [0.29, 0.717) is 12.8 Å². The van der Waals surface area contributed by atoms with E-state index in [1.165, 1.54) is 0 Å². The fourth-order valence-electron chi connectivity index (χ4n) is 3.51. The summed E-state index contributed by atoms with van der Waals surface area (Å²) in [6, 6.07) is -1.00. The summed E-state index contributed by atoms with van der Waals surface area (Å²) in [5.74, 6) is -0.00111. The molecule has 4 atom stereocenters. The van der Waals surface area contributed by atoms with Crippen LogP contribution < -0.4 is 11.1 Å². The molecular weight excluding hydrogens is 258 g/mol. The lowest BCUT2D eigenvalue weighted by Gasteiger charge is -2.40. The first-order chi connectivity index (χ1) is 9.43. The molecule has 2 aliphatic rings. The molecule has 0 spiro atoms. The summed E-state index contributed by atoms with van der Waals surface area (Å²) in [5, 5.41) is 12.4. The average Bonchev–Trinajstić information content (AvgIpc) is 2.66. The van der Waals surface area contributed by atoms with Gasteiger partial charge >= 0.3 is 6.03 Å². The first-order valence-corrected chi connectivity index (χ1v) is 7.50. The van der Waals surface area contributed by atoms with Crippen molar-refractivity contribution >= 4 is 11.9 Å². The number of primary amides is 1. The highest BCUT2D eigenvalue weighted by atomic mass is 16.3. The maximum absolute atomic E-state index is 12.8. The molecule has 6 heteroatoms. The molecule has 0 aliphatic carbocycles. The Bertz CT molecular complexity index is 374. The van der Waals surface area contributed by atoms with Crippen LogP contribution in [0.3, 0.4) is 0 Å². The van der Waals surface area contributed by atoms with Crippen molar-refractivity contribution < 1.29 is 14.7 Å². The predicted molar refractivity (Wildman–Crippen MR) is 74.9 cm³/mol. The molecule has 2 bridgehead atoms. The third-order valence-corrected chi connectivity index (χ3v) is 4.74. The zero-order chi connectivity index (χ0) is 14.9. The van der Waals surface area contributed by atoms with Gasteiger partial charge in [0.2, 0.25) is 5.91 Å². The minimum absolute atomic E-state index is 0.0428. The Morgan fingerprint density at radius 3 is 2.35 bits per heavy atom. The van der Waals surface area contributed by atoms with Crippen LogP contribution in [-0.4, -0.2) is 46.2 Å². The monoisotopic (exact) mass is 283 g/mol. The fourth-order valence-corrected chi connectivity index (χ4v) is 3.51. The van der Waals surface area contributed by atoms with Crippen molar-refractivity contribution in [3.05, 3.63) is 0 Å². The van der Waals surface area contributed by atoms with Crippen molar-refractivity contribution in [2.45, 2.75) is 70.2 Å². The lowest BCUT2D eigenvalue weighted by atomic mass is 9.94. The molecule has 0 aromatic rings. The van der Waals surface area contributed by atoms with Crippen LogP contribution in [0.1, 0.15) is 46.0 Å². The zero-order valence-corrected chi connectivity index (χ0v) is 12.2. The van der Waals surface area contributed by atoms with Crippen LogP contribution in [0.25, 0.3) is 0 Å². The minimum atomic E-state index is -0.659. The lowest BCUT2D eigenvalue weighted by molar-refractivity contribution is -0.140. The highest BCUT2D eigenvalue weighted by Crippen LogP contribution is 2.36. The van der Waals surface area contributed by atoms with E-state index >= 15 is 0 Å². The largest absolute Gasteiger partial charge is 0.393 e. The van der Waals surface area contributed by atoms with Gasteiger partial charge in [0.15, 0.2) is 0 Å². The van der Waals surface area contributed by atoms with Gasteiger partial charge in [0, 0.05) is 12.1 Å². The summed E-state index contributed by atoms with van der Waals surface area (Å²) in [7, 11) is 0. The number of carbonyl (C=O) groups excluding carboxylic acids is 2. The van der Waals surface area contributed by atoms with E-state index in [-0.39, 0.29) is 30.0 Å². The molecule has 2 saturated heterocycles. The van der Waals surface area contributed by atoms with E-state index in [9.17, 15) is 14.7 Å². The molecule has 2 heterocycles. The Balaban J connectivity index is 2.13. The Kier molecular flexibility index (Phi) is 4.52. The van der Waals surface area contributed by atoms with Crippen molar-refractivity contribution in [3.63, 3.8) is 0 Å². The molecule has 6 nitrogen and oxygen atoms in total. The van der Waals surface area contributed by atoms with Gasteiger partial charge in [0.25, 0.3) is 0 Å². The number of nitrogens with two attached hydrogens (primary N) is 1. The highest BCUT2D eigenvalue weighted by molar-refractivity contribution is 5.87. The molecule has 20 heavy (non-hydrogen) atoms. The van der Waals surface area contributed by atoms with E-state index < -0.39 is 12.1 Å². The number of piperidine rings is 1. The number of fused-ring (bicyclic) bond motifs is 2. The van der Waals surface area contributed by atoms with E-state index in [4.69, 9.17) is 5.73 Å². The van der Waals surface area contributed by atoms with Crippen molar-refractivity contribution in [2.24, 2.45) is 11.7 Å². The summed E-state index contributed by atoms with van der Waals surface area (Å²) in [6.07, 6.45) is 3.66. The van der Waals surface area contributed by atoms with Crippen molar-refractivity contribution in [2.75, 3.05) is 0 Å². The number of rotatable bonds is 4. The number of urea groups is 1. The topological polar surface area (TPSA) is 95.7 Å². The van der Waals surface area contributed by atoms with Gasteiger partial charge in [-0.3, -0.25) is 4.79 Å². The number of hydrogen-bond donors (Lipinski definition) is 3. The van der Waals surface area contributed by atoms with E-state index in [1.54, 1.807) is 0 Å². The molecule has 2 rings (SSSR count). The minimum Gasteiger partial charge on any atom is -0.393 e. The van der Waals surface area contributed by atoms with Crippen LogP contribution in [0.4, 0.5) is 4.79 Å². The molecule has 2 aliphatic heterocycles. The van der Waals surface area contributed by atoms with Gasteiger partial charge in [-0.1, -0.05) is 20.3 Å². The van der Waals surface area contributed by atoms with Crippen molar-refractivity contribution in [3.8, 4) is 0 Å². The fraction of sp³-hybridized carbons (Fsp3) is 0.857. The second kappa shape index (κ2) is 5.99. The Morgan fingerprint density at radius 2 is 1.90 bits per heavy atom. The normalized spacial score (nSPS) is 31.8. The molecule has 0 radical (unpaired) electrons. The Labute approximate surface area is 119 Å². The van der Waals surface area contributed by atoms with E-state index in [0.717, 1.165) is 19.3 Å². The number of nitrogens with zero attached hydrogens (tertiary/aromatic N) is 1. The van der Waals surface area contributed by atoms with Crippen LogP contribution in [0, 0.1) is 5.92 Å². The number of hydrogen-bond acceptors (Lipinski definition) is 3. The van der Waals surface area contributed by atoms with Gasteiger partial charge in [-0.05, 0) is 31.6 Å². The molecule has 0 saturated carbocycles. The van der Waals surface area contributed by atoms with Gasteiger partial charge < -0.3 is 21.1 Å². The van der Waals surface area contributed by atoms with Crippen LogP contribution >= 0.6 is 0 Å². The second-order valence-corrected chi connectivity index (χ2v) is 6.13. The summed E-state index contributed by atoms with van der Waals surface area (Å²) in [4.78, 5) is 25.8. The molecular formula is C14H25N3O3. The molecule has 2 fully saturated rings. The van der Waals surface area contributed by atoms with Gasteiger partial charge in [-0.2, -0.15) is 0 Å². The summed E-state index contributed by atoms with van der Waals surface area (Å²) >= 11 is 0. The molecule has 4 N–H and O–H groups in total. The Morgan fingerprint density at radius 1 is 1.35 bits per heavy atom. The maximum atomic E-state index is 12.8. The van der Waals surface area contributed by atoms with Crippen LogP contribution in [0.2, 0.25) is 0 Å². The summed E-state index contributed by atoms with van der Waals surface area (Å²) in [5.41, 5.74) is 5.20. The molecule has 3 amide bonds. The van der Waals surface area contributed by atoms with Gasteiger partial charge in [-0.25, -0.2) is 4.79 Å². The SMILES string of the molecule is CCC(C)C(NC(N)=O)C(=O)N1C2CCC1CC(O)C2. The quantitative estimate of drug-likeness (QED) is 0.704. The summed E-state index contributed by atoms with van der Waals surface area (Å²) in [6.45, 7) is 3.93. The zero-order valence-electron chi connectivity index (χ0n) is 12.2. The maximum Gasteiger partial charge on any atom is 0.312 e. The number of carbonyl (C=O) groups is 2. The first-order valence-electron chi connectivity index (χ1n) is 7.50. The second-order valence-electron chi connectivity index (χ2n) is 6.13. The smallest absolute Gasteiger partial charge is 0.312 e. The third kappa shape index (κ3) is 2.90. The first kappa shape index (κ1) is 15.1. The molecule has 4 unspecified atom stereocenters. The van der Waals surface area contributed by atoms with Crippen molar-refractivity contribution in [1.82, 2.24) is 10.2 Å². The summed E-state index contributed by atoms with van der Waals surface area (Å²) < 4.78 is 0. The van der Waals surface area contributed by atoms with Gasteiger partial charge in [0.05, 0.1) is 6.10 Å². The standard InChI is InChI=1S/C14H25N3O3/c1-3-8(2)12(16-14(15)20)13(19)17-9-4-5-10(17)7-11(18)6-9/h8-12,18H,3-7H2,1-2H3,(H3,15,16,20). The van der Waals surface area contributed by atoms with E-state index in [2.05, 4.69) is 5.32 Å². The molecule has 0 aromatic heterocycles. The number of aliphatic hydroxyl groups excluding tert-OH is 1. The Hall–Kier alpha value is -1.30. The van der Waals surface area contributed by atoms with Gasteiger partial charge in [0.1, 0.15) is 6.04 Å². The predicted octanol–water partition coefficient (Wildman–Crippen LogP) is 0.584. The number of aliphatic hydroxyl groups is 1. The van der Waals surface area contributed by atoms with Gasteiger partial charge in [-0.15, -0.1) is 0 Å². The molecule has 0 aromatic carbocycles. The number of nitrogens with one attached hydrogen (secondary N) is 1.